The van der Waals surface area contributed by atoms with Gasteiger partial charge in [0, 0.05) is 6.32 Å². The maximum absolute atomic E-state index is 13.0. The Hall–Kier alpha value is -1.21. The fraction of sp³-hybridized carbons (Fsp3) is 0.600. The molecule has 1 aliphatic heterocycles. The van der Waals surface area contributed by atoms with E-state index in [4.69, 9.17) is 14.0 Å². The monoisotopic (exact) mass is 316 g/mol. The molecule has 0 radical (unpaired) electrons. The molecule has 0 atom stereocenters. The molecule has 0 spiro atoms. The van der Waals surface area contributed by atoms with Gasteiger partial charge in [0.25, 0.3) is 0 Å². The largest absolute Gasteiger partial charge is 0.496 e. The number of benzene rings is 1. The second kappa shape index (κ2) is 5.46. The highest BCUT2D eigenvalue weighted by Gasteiger charge is 2.50. The van der Waals surface area contributed by atoms with Crippen molar-refractivity contribution in [1.82, 2.24) is 0 Å². The maximum Gasteiger partial charge on any atom is 0.462 e. The minimum Gasteiger partial charge on any atom is -0.496 e. The Morgan fingerprint density at radius 1 is 1.09 bits per heavy atom. The Morgan fingerprint density at radius 3 is 2.09 bits per heavy atom. The number of alkyl halides is 3. The van der Waals surface area contributed by atoms with Crippen LogP contribution in [0.2, 0.25) is 0 Å². The van der Waals surface area contributed by atoms with Crippen molar-refractivity contribution in [3.63, 3.8) is 0 Å². The predicted octanol–water partition coefficient (Wildman–Crippen LogP) is 3.89. The van der Waals surface area contributed by atoms with Gasteiger partial charge in [0.2, 0.25) is 0 Å². The molecule has 0 aliphatic carbocycles. The zero-order valence-electron chi connectivity index (χ0n) is 13.4. The van der Waals surface area contributed by atoms with Crippen LogP contribution in [0.1, 0.15) is 38.8 Å². The molecule has 0 aromatic heterocycles. The van der Waals surface area contributed by atoms with E-state index in [1.807, 2.05) is 27.7 Å². The molecule has 1 aromatic carbocycles. The summed E-state index contributed by atoms with van der Waals surface area (Å²) in [6.07, 6.45) is -4.21. The van der Waals surface area contributed by atoms with Gasteiger partial charge in [-0.3, -0.25) is 0 Å². The zero-order valence-corrected chi connectivity index (χ0v) is 13.4. The summed E-state index contributed by atoms with van der Waals surface area (Å²) in [5.74, 6) is -0.190. The lowest BCUT2D eigenvalue weighted by atomic mass is 9.80. The molecule has 0 unspecified atom stereocenters. The van der Waals surface area contributed by atoms with E-state index < -0.39 is 30.1 Å². The van der Waals surface area contributed by atoms with Gasteiger partial charge < -0.3 is 14.0 Å². The molecule has 1 heterocycles. The molecule has 7 heteroatoms. The molecule has 22 heavy (non-hydrogen) atoms. The molecule has 0 bridgehead atoms. The molecule has 0 N–H and O–H groups in total. The molecule has 2 rings (SSSR count). The van der Waals surface area contributed by atoms with E-state index in [1.165, 1.54) is 13.2 Å². The topological polar surface area (TPSA) is 27.7 Å². The van der Waals surface area contributed by atoms with Crippen LogP contribution >= 0.6 is 0 Å². The van der Waals surface area contributed by atoms with Gasteiger partial charge in [-0.2, -0.15) is 13.2 Å². The Bertz CT molecular complexity index is 539. The normalized spacial score (nSPS) is 20.3. The number of hydrogen-bond acceptors (Lipinski definition) is 3. The summed E-state index contributed by atoms with van der Waals surface area (Å²) in [5.41, 5.74) is -1.30. The number of methoxy groups -OCH3 is 1. The predicted molar refractivity (Wildman–Crippen MR) is 77.8 cm³/mol. The smallest absolute Gasteiger partial charge is 0.462 e. The summed E-state index contributed by atoms with van der Waals surface area (Å²) in [5, 5.41) is 0. The molecule has 1 saturated heterocycles. The first-order chi connectivity index (χ1) is 9.96. The van der Waals surface area contributed by atoms with Gasteiger partial charge in [-0.15, -0.1) is 0 Å². The van der Waals surface area contributed by atoms with Crippen molar-refractivity contribution in [3.05, 3.63) is 29.3 Å². The summed E-state index contributed by atoms with van der Waals surface area (Å²) >= 11 is 0. The van der Waals surface area contributed by atoms with Crippen LogP contribution in [-0.4, -0.2) is 25.4 Å². The molecule has 0 saturated carbocycles. The second-order valence-corrected chi connectivity index (χ2v) is 6.42. The maximum atomic E-state index is 13.0. The first kappa shape index (κ1) is 17.2. The lowest BCUT2D eigenvalue weighted by Gasteiger charge is -2.32. The quantitative estimate of drug-likeness (QED) is 0.792. The number of ether oxygens (including phenoxy) is 1. The number of hydrogen-bond donors (Lipinski definition) is 0. The van der Waals surface area contributed by atoms with Gasteiger partial charge in [-0.1, -0.05) is 6.07 Å². The van der Waals surface area contributed by atoms with Gasteiger partial charge in [0.15, 0.2) is 0 Å². The highest BCUT2D eigenvalue weighted by Crippen LogP contribution is 2.39. The highest BCUT2D eigenvalue weighted by atomic mass is 19.4. The van der Waals surface area contributed by atoms with Gasteiger partial charge in [-0.05, 0) is 45.4 Å². The number of rotatable bonds is 3. The molecule has 1 fully saturated rings. The van der Waals surface area contributed by atoms with E-state index in [-0.39, 0.29) is 12.1 Å². The average Bonchev–Trinajstić information content (AvgIpc) is 2.56. The van der Waals surface area contributed by atoms with Crippen LogP contribution in [0.15, 0.2) is 18.2 Å². The Kier molecular flexibility index (Phi) is 4.26. The van der Waals surface area contributed by atoms with E-state index in [2.05, 4.69) is 0 Å². The van der Waals surface area contributed by atoms with Crippen molar-refractivity contribution in [3.8, 4) is 5.75 Å². The third-order valence-corrected chi connectivity index (χ3v) is 4.27. The fourth-order valence-electron chi connectivity index (χ4n) is 2.34. The lowest BCUT2D eigenvalue weighted by Crippen LogP contribution is -2.41. The van der Waals surface area contributed by atoms with E-state index >= 15 is 0 Å². The third kappa shape index (κ3) is 3.25. The molecule has 1 aliphatic rings. The molecular weight excluding hydrogens is 296 g/mol. The van der Waals surface area contributed by atoms with Crippen molar-refractivity contribution >= 4 is 7.12 Å². The van der Waals surface area contributed by atoms with Crippen molar-refractivity contribution in [2.45, 2.75) is 51.4 Å². The fourth-order valence-corrected chi connectivity index (χ4v) is 2.34. The van der Waals surface area contributed by atoms with Crippen LogP contribution in [0.4, 0.5) is 13.2 Å². The van der Waals surface area contributed by atoms with E-state index in [1.54, 1.807) is 6.07 Å². The first-order valence-corrected chi connectivity index (χ1v) is 7.06. The van der Waals surface area contributed by atoms with Crippen molar-refractivity contribution in [1.29, 1.82) is 0 Å². The van der Waals surface area contributed by atoms with Crippen LogP contribution in [0, 0.1) is 0 Å². The van der Waals surface area contributed by atoms with Crippen LogP contribution in [0.3, 0.4) is 0 Å². The second-order valence-electron chi connectivity index (χ2n) is 6.42. The summed E-state index contributed by atoms with van der Waals surface area (Å²) in [4.78, 5) is 0. The van der Waals surface area contributed by atoms with Crippen molar-refractivity contribution in [2.24, 2.45) is 0 Å². The number of halogens is 3. The molecule has 0 amide bonds. The van der Waals surface area contributed by atoms with E-state index in [0.29, 0.717) is 5.56 Å². The van der Waals surface area contributed by atoms with Gasteiger partial charge in [-0.25, -0.2) is 0 Å². The van der Waals surface area contributed by atoms with Gasteiger partial charge >= 0.3 is 13.3 Å². The Labute approximate surface area is 128 Å². The molecular formula is C15H20BF3O3. The van der Waals surface area contributed by atoms with Crippen molar-refractivity contribution in [2.75, 3.05) is 7.11 Å². The third-order valence-electron chi connectivity index (χ3n) is 4.27. The summed E-state index contributed by atoms with van der Waals surface area (Å²) in [6.45, 7) is 7.62. The summed E-state index contributed by atoms with van der Waals surface area (Å²) < 4.78 is 55.5. The minimum absolute atomic E-state index is 0.190. The molecule has 1 aromatic rings. The minimum atomic E-state index is -4.46. The van der Waals surface area contributed by atoms with Crippen LogP contribution < -0.4 is 4.74 Å². The first-order valence-electron chi connectivity index (χ1n) is 7.06. The Balaban J connectivity index is 2.22. The van der Waals surface area contributed by atoms with Crippen molar-refractivity contribution < 1.29 is 27.2 Å². The van der Waals surface area contributed by atoms with Crippen LogP contribution in [0.5, 0.6) is 5.75 Å². The summed E-state index contributed by atoms with van der Waals surface area (Å²) in [7, 11) is 0.651. The lowest BCUT2D eigenvalue weighted by molar-refractivity contribution is -0.138. The van der Waals surface area contributed by atoms with E-state index in [0.717, 1.165) is 6.07 Å². The van der Waals surface area contributed by atoms with Gasteiger partial charge in [0.1, 0.15) is 5.75 Å². The standard InChI is InChI=1S/C15H20BF3O3/c1-13(2)14(3,4)22-16(21-13)9-10-6-7-12(20-5)11(8-10)15(17,18)19/h6-8H,9H2,1-5H3. The highest BCUT2D eigenvalue weighted by molar-refractivity contribution is 6.45. The molecule has 3 nitrogen and oxygen atoms in total. The van der Waals surface area contributed by atoms with Crippen LogP contribution in [0.25, 0.3) is 0 Å². The zero-order chi connectivity index (χ0) is 16.8. The Morgan fingerprint density at radius 2 is 1.64 bits per heavy atom. The molecule has 122 valence electrons. The van der Waals surface area contributed by atoms with Gasteiger partial charge in [0.05, 0.1) is 23.9 Å². The average molecular weight is 316 g/mol. The SMILES string of the molecule is COc1ccc(CB2OC(C)(C)C(C)(C)O2)cc1C(F)(F)F. The van der Waals surface area contributed by atoms with Crippen LogP contribution in [-0.2, 0) is 21.8 Å². The van der Waals surface area contributed by atoms with E-state index in [9.17, 15) is 13.2 Å². The summed E-state index contributed by atoms with van der Waals surface area (Å²) in [6, 6.07) is 4.01.